The minimum absolute atomic E-state index is 0.107. The van der Waals surface area contributed by atoms with Crippen molar-refractivity contribution in [3.63, 3.8) is 0 Å². The highest BCUT2D eigenvalue weighted by molar-refractivity contribution is 6.10. The number of nitrogens with one attached hydrogen (secondary N) is 1. The quantitative estimate of drug-likeness (QED) is 0.669. The van der Waals surface area contributed by atoms with Gasteiger partial charge in [0.05, 0.1) is 18.4 Å². The lowest BCUT2D eigenvalue weighted by molar-refractivity contribution is -0.143. The van der Waals surface area contributed by atoms with Crippen molar-refractivity contribution in [2.24, 2.45) is 17.3 Å². The van der Waals surface area contributed by atoms with Crippen molar-refractivity contribution in [3.8, 4) is 0 Å². The number of fused-ring (bicyclic) bond motifs is 1. The Hall–Kier alpha value is -1.79. The van der Waals surface area contributed by atoms with E-state index in [-0.39, 0.29) is 35.6 Å². The molecule has 2 fully saturated rings. The van der Waals surface area contributed by atoms with E-state index in [0.29, 0.717) is 5.82 Å². The van der Waals surface area contributed by atoms with Crippen LogP contribution in [0.4, 0.5) is 0 Å². The van der Waals surface area contributed by atoms with Crippen molar-refractivity contribution in [1.82, 2.24) is 25.5 Å². The number of rotatable bonds is 2. The Morgan fingerprint density at radius 3 is 2.44 bits per heavy atom. The maximum atomic E-state index is 11.9. The summed E-state index contributed by atoms with van der Waals surface area (Å²) in [6, 6.07) is 0. The van der Waals surface area contributed by atoms with Gasteiger partial charge in [0, 0.05) is 0 Å². The van der Waals surface area contributed by atoms with E-state index >= 15 is 0 Å². The average molecular weight is 221 g/mol. The molecule has 2 atom stereocenters. The molecular weight excluding hydrogens is 210 g/mol. The average Bonchev–Trinajstić information content (AvgIpc) is 2.59. The smallest absolute Gasteiger partial charge is 0.234 e. The number of nitrogens with zero attached hydrogens (tertiary/aromatic N) is 4. The molecule has 0 bridgehead atoms. The van der Waals surface area contributed by atoms with Gasteiger partial charge in [0.2, 0.25) is 11.8 Å². The van der Waals surface area contributed by atoms with Gasteiger partial charge in [0.1, 0.15) is 0 Å². The van der Waals surface area contributed by atoms with Crippen LogP contribution in [0.3, 0.4) is 0 Å². The van der Waals surface area contributed by atoms with E-state index in [4.69, 9.17) is 0 Å². The number of carbonyl (C=O) groups excluding carboxylic acids is 2. The Kier molecular flexibility index (Phi) is 1.57. The first-order chi connectivity index (χ1) is 7.53. The van der Waals surface area contributed by atoms with Crippen molar-refractivity contribution in [3.05, 3.63) is 5.82 Å². The molecule has 0 radical (unpaired) electrons. The van der Waals surface area contributed by atoms with Gasteiger partial charge in [0.15, 0.2) is 5.82 Å². The fourth-order valence-electron chi connectivity index (χ4n) is 2.55. The van der Waals surface area contributed by atoms with Crippen LogP contribution in [-0.4, -0.2) is 37.3 Å². The van der Waals surface area contributed by atoms with E-state index in [2.05, 4.69) is 20.6 Å². The zero-order chi connectivity index (χ0) is 11.5. The summed E-state index contributed by atoms with van der Waals surface area (Å²) in [6.07, 6.45) is 0. The summed E-state index contributed by atoms with van der Waals surface area (Å²) in [7, 11) is 0. The molecular formula is C9H11N5O2. The monoisotopic (exact) mass is 221 g/mol. The van der Waals surface area contributed by atoms with Crippen LogP contribution in [0.2, 0.25) is 0 Å². The van der Waals surface area contributed by atoms with Crippen molar-refractivity contribution >= 4 is 11.8 Å². The Labute approximate surface area is 91.2 Å². The standard InChI is InChI=1S/C9H11N5O2/c1-9(2)5-6(9)8(16)14(7(5)15)3-4-10-12-13-11-4/h5-6H,3H2,1-2H3,(H,10,11,12,13). The number of tetrazole rings is 1. The van der Waals surface area contributed by atoms with Crippen LogP contribution in [0.5, 0.6) is 0 Å². The maximum absolute atomic E-state index is 11.9. The third-order valence-corrected chi connectivity index (χ3v) is 3.58. The zero-order valence-electron chi connectivity index (χ0n) is 8.97. The normalized spacial score (nSPS) is 30.8. The van der Waals surface area contributed by atoms with Crippen molar-refractivity contribution in [1.29, 1.82) is 0 Å². The van der Waals surface area contributed by atoms with Crippen LogP contribution in [0, 0.1) is 17.3 Å². The number of piperidine rings is 1. The molecule has 1 aliphatic carbocycles. The highest BCUT2D eigenvalue weighted by Gasteiger charge is 2.72. The van der Waals surface area contributed by atoms with E-state index in [1.165, 1.54) is 4.90 Å². The molecule has 1 aliphatic heterocycles. The van der Waals surface area contributed by atoms with Crippen LogP contribution in [0.25, 0.3) is 0 Å². The third-order valence-electron chi connectivity index (χ3n) is 3.58. The molecule has 2 amide bonds. The molecule has 1 aromatic heterocycles. The number of H-pyrrole nitrogens is 1. The lowest BCUT2D eigenvalue weighted by Crippen LogP contribution is -2.36. The second-order valence-corrected chi connectivity index (χ2v) is 4.87. The summed E-state index contributed by atoms with van der Waals surface area (Å²) in [6.45, 7) is 4.02. The summed E-state index contributed by atoms with van der Waals surface area (Å²) >= 11 is 0. The van der Waals surface area contributed by atoms with Gasteiger partial charge in [-0.2, -0.15) is 5.21 Å². The van der Waals surface area contributed by atoms with Gasteiger partial charge < -0.3 is 0 Å². The Balaban J connectivity index is 1.81. The molecule has 1 saturated carbocycles. The van der Waals surface area contributed by atoms with E-state index < -0.39 is 0 Å². The van der Waals surface area contributed by atoms with E-state index in [9.17, 15) is 9.59 Å². The summed E-state index contributed by atoms with van der Waals surface area (Å²) in [4.78, 5) is 25.1. The van der Waals surface area contributed by atoms with Gasteiger partial charge in [-0.3, -0.25) is 14.5 Å². The van der Waals surface area contributed by atoms with E-state index in [1.807, 2.05) is 13.8 Å². The molecule has 0 aromatic carbocycles. The molecule has 1 saturated heterocycles. The first-order valence-corrected chi connectivity index (χ1v) is 5.11. The largest absolute Gasteiger partial charge is 0.274 e. The summed E-state index contributed by atoms with van der Waals surface area (Å²) < 4.78 is 0. The van der Waals surface area contributed by atoms with Crippen molar-refractivity contribution in [2.75, 3.05) is 0 Å². The molecule has 16 heavy (non-hydrogen) atoms. The maximum Gasteiger partial charge on any atom is 0.234 e. The van der Waals surface area contributed by atoms with Gasteiger partial charge in [-0.15, -0.1) is 10.2 Å². The number of hydrogen-bond acceptors (Lipinski definition) is 5. The fraction of sp³-hybridized carbons (Fsp3) is 0.667. The second kappa shape index (κ2) is 2.66. The molecule has 84 valence electrons. The van der Waals surface area contributed by atoms with Crippen molar-refractivity contribution < 1.29 is 9.59 Å². The van der Waals surface area contributed by atoms with Gasteiger partial charge in [-0.1, -0.05) is 19.1 Å². The van der Waals surface area contributed by atoms with E-state index in [1.54, 1.807) is 0 Å². The predicted molar refractivity (Wildman–Crippen MR) is 50.5 cm³/mol. The predicted octanol–water partition coefficient (Wildman–Crippen LogP) is -0.659. The minimum atomic E-state index is -0.165. The van der Waals surface area contributed by atoms with Gasteiger partial charge in [-0.05, 0) is 5.41 Å². The van der Waals surface area contributed by atoms with Gasteiger partial charge in [-0.25, -0.2) is 0 Å². The molecule has 2 aliphatic rings. The first-order valence-electron chi connectivity index (χ1n) is 5.11. The van der Waals surface area contributed by atoms with Crippen LogP contribution < -0.4 is 0 Å². The zero-order valence-corrected chi connectivity index (χ0v) is 8.97. The van der Waals surface area contributed by atoms with Crippen LogP contribution in [0.15, 0.2) is 0 Å². The molecule has 7 heteroatoms. The van der Waals surface area contributed by atoms with Crippen LogP contribution in [0.1, 0.15) is 19.7 Å². The first kappa shape index (κ1) is 9.44. The summed E-state index contributed by atoms with van der Waals surface area (Å²) in [5.74, 6) is -0.144. The Morgan fingerprint density at radius 1 is 1.31 bits per heavy atom. The third kappa shape index (κ3) is 0.998. The lowest BCUT2D eigenvalue weighted by Gasteiger charge is -2.18. The van der Waals surface area contributed by atoms with Gasteiger partial charge in [0.25, 0.3) is 0 Å². The highest BCUT2D eigenvalue weighted by Crippen LogP contribution is 2.63. The number of imide groups is 1. The fourth-order valence-corrected chi connectivity index (χ4v) is 2.55. The van der Waals surface area contributed by atoms with E-state index in [0.717, 1.165) is 0 Å². The number of aromatic nitrogens is 4. The van der Waals surface area contributed by atoms with Crippen LogP contribution in [-0.2, 0) is 16.1 Å². The number of aromatic amines is 1. The number of likely N-dealkylation sites (tertiary alicyclic amines) is 1. The Bertz CT molecular complexity index is 442. The SMILES string of the molecule is CC1(C)C2C(=O)N(Cc3nn[nH]n3)C(=O)C21. The Morgan fingerprint density at radius 2 is 1.94 bits per heavy atom. The molecule has 3 rings (SSSR count). The molecule has 1 N–H and O–H groups in total. The van der Waals surface area contributed by atoms with Crippen LogP contribution >= 0.6 is 0 Å². The molecule has 1 aromatic rings. The number of carbonyl (C=O) groups is 2. The molecule has 2 heterocycles. The lowest BCUT2D eigenvalue weighted by atomic mass is 10.1. The molecule has 7 nitrogen and oxygen atoms in total. The summed E-state index contributed by atoms with van der Waals surface area (Å²) in [5, 5.41) is 13.1. The number of amides is 2. The minimum Gasteiger partial charge on any atom is -0.274 e. The molecule has 2 unspecified atom stereocenters. The number of hydrogen-bond donors (Lipinski definition) is 1. The van der Waals surface area contributed by atoms with Gasteiger partial charge >= 0.3 is 0 Å². The topological polar surface area (TPSA) is 91.8 Å². The van der Waals surface area contributed by atoms with Crippen molar-refractivity contribution in [2.45, 2.75) is 20.4 Å². The second-order valence-electron chi connectivity index (χ2n) is 4.87. The highest BCUT2D eigenvalue weighted by atomic mass is 16.2. The molecule has 0 spiro atoms. The summed E-state index contributed by atoms with van der Waals surface area (Å²) in [5.41, 5.74) is -0.165.